The van der Waals surface area contributed by atoms with E-state index in [9.17, 15) is 4.79 Å². The summed E-state index contributed by atoms with van der Waals surface area (Å²) >= 11 is 3.36. The molecule has 3 nitrogen and oxygen atoms in total. The second kappa shape index (κ2) is 6.05. The van der Waals surface area contributed by atoms with Crippen molar-refractivity contribution in [2.75, 3.05) is 6.61 Å². The number of benzene rings is 1. The number of hydrogen-bond acceptors (Lipinski definition) is 2. The highest BCUT2D eigenvalue weighted by molar-refractivity contribution is 9.10. The number of carboxylic acid groups (broad SMARTS) is 1. The van der Waals surface area contributed by atoms with Crippen molar-refractivity contribution >= 4 is 21.9 Å². The fourth-order valence-electron chi connectivity index (χ4n) is 1.37. The van der Waals surface area contributed by atoms with Gasteiger partial charge < -0.3 is 9.84 Å². The van der Waals surface area contributed by atoms with Crippen LogP contribution in [0.2, 0.25) is 0 Å². The summed E-state index contributed by atoms with van der Waals surface area (Å²) in [6.45, 7) is 4.00. The summed E-state index contributed by atoms with van der Waals surface area (Å²) in [5.41, 5.74) is -0.680. The van der Waals surface area contributed by atoms with Crippen LogP contribution < -0.4 is 4.74 Å². The number of carbonyl (C=O) groups is 1. The van der Waals surface area contributed by atoms with Crippen molar-refractivity contribution in [3.63, 3.8) is 0 Å². The third-order valence-electron chi connectivity index (χ3n) is 2.59. The zero-order valence-corrected chi connectivity index (χ0v) is 11.7. The van der Waals surface area contributed by atoms with E-state index in [2.05, 4.69) is 15.9 Å². The van der Waals surface area contributed by atoms with Crippen LogP contribution in [0.1, 0.15) is 26.7 Å². The molecule has 0 bridgehead atoms. The number of aliphatic carboxylic acids is 1. The molecule has 1 aromatic rings. The molecule has 1 rings (SSSR count). The molecule has 94 valence electrons. The molecule has 0 fully saturated rings. The van der Waals surface area contributed by atoms with Crippen LogP contribution in [0.15, 0.2) is 28.7 Å². The van der Waals surface area contributed by atoms with Gasteiger partial charge in [0.25, 0.3) is 0 Å². The van der Waals surface area contributed by atoms with Gasteiger partial charge in [0, 0.05) is 4.47 Å². The van der Waals surface area contributed by atoms with E-state index in [4.69, 9.17) is 9.84 Å². The summed E-state index contributed by atoms with van der Waals surface area (Å²) in [7, 11) is 0. The zero-order valence-electron chi connectivity index (χ0n) is 10.1. The number of rotatable bonds is 6. The van der Waals surface area contributed by atoms with E-state index in [1.165, 1.54) is 0 Å². The predicted octanol–water partition coefficient (Wildman–Crippen LogP) is 3.72. The molecular formula is C13H17BrO3. The van der Waals surface area contributed by atoms with E-state index in [1.54, 1.807) is 13.8 Å². The Hall–Kier alpha value is -1.03. The van der Waals surface area contributed by atoms with Crippen molar-refractivity contribution in [2.45, 2.75) is 26.7 Å². The Morgan fingerprint density at radius 1 is 1.47 bits per heavy atom. The predicted molar refractivity (Wildman–Crippen MR) is 70.3 cm³/mol. The highest BCUT2D eigenvalue weighted by Gasteiger charge is 2.26. The Kier molecular flexibility index (Phi) is 5.00. The quantitative estimate of drug-likeness (QED) is 0.815. The van der Waals surface area contributed by atoms with Crippen molar-refractivity contribution in [2.24, 2.45) is 5.41 Å². The lowest BCUT2D eigenvalue weighted by Crippen LogP contribution is -2.24. The molecule has 0 heterocycles. The largest absolute Gasteiger partial charge is 0.494 e. The van der Waals surface area contributed by atoms with Crippen LogP contribution in [0.4, 0.5) is 0 Å². The molecule has 0 atom stereocenters. The highest BCUT2D eigenvalue weighted by Crippen LogP contribution is 2.23. The summed E-state index contributed by atoms with van der Waals surface area (Å²) in [4.78, 5) is 10.9. The smallest absolute Gasteiger partial charge is 0.309 e. The zero-order chi connectivity index (χ0) is 12.9. The van der Waals surface area contributed by atoms with Gasteiger partial charge in [-0.2, -0.15) is 0 Å². The van der Waals surface area contributed by atoms with E-state index < -0.39 is 11.4 Å². The molecule has 0 amide bonds. The first-order valence-corrected chi connectivity index (χ1v) is 6.33. The van der Waals surface area contributed by atoms with Crippen LogP contribution in [0.25, 0.3) is 0 Å². The van der Waals surface area contributed by atoms with Gasteiger partial charge in [-0.15, -0.1) is 0 Å². The molecule has 1 aromatic carbocycles. The first-order chi connectivity index (χ1) is 7.92. The standard InChI is InChI=1S/C13H17BrO3/c1-13(2,12(15)16)7-4-8-17-11-6-3-5-10(14)9-11/h3,5-6,9H,4,7-8H2,1-2H3,(H,15,16). The molecule has 0 saturated carbocycles. The first kappa shape index (κ1) is 14.0. The monoisotopic (exact) mass is 300 g/mol. The Balaban J connectivity index is 2.32. The lowest BCUT2D eigenvalue weighted by molar-refractivity contribution is -0.147. The number of carboxylic acids is 1. The molecule has 0 aliphatic carbocycles. The Bertz CT molecular complexity index is 388. The number of halogens is 1. The van der Waals surface area contributed by atoms with E-state index in [-0.39, 0.29) is 0 Å². The van der Waals surface area contributed by atoms with Crippen molar-refractivity contribution in [1.82, 2.24) is 0 Å². The summed E-state index contributed by atoms with van der Waals surface area (Å²) in [6, 6.07) is 7.61. The van der Waals surface area contributed by atoms with E-state index in [0.29, 0.717) is 13.0 Å². The molecule has 4 heteroatoms. The summed E-state index contributed by atoms with van der Waals surface area (Å²) < 4.78 is 6.51. The van der Waals surface area contributed by atoms with Gasteiger partial charge in [0.1, 0.15) is 5.75 Å². The Morgan fingerprint density at radius 3 is 2.76 bits per heavy atom. The van der Waals surface area contributed by atoms with Gasteiger partial charge in [-0.25, -0.2) is 0 Å². The molecule has 0 unspecified atom stereocenters. The number of ether oxygens (including phenoxy) is 1. The fourth-order valence-corrected chi connectivity index (χ4v) is 1.75. The van der Waals surface area contributed by atoms with Gasteiger partial charge in [0.15, 0.2) is 0 Å². The van der Waals surface area contributed by atoms with Crippen molar-refractivity contribution in [3.8, 4) is 5.75 Å². The summed E-state index contributed by atoms with van der Waals surface area (Å²) in [6.07, 6.45) is 1.34. The second-order valence-corrected chi connectivity index (χ2v) is 5.51. The van der Waals surface area contributed by atoms with Crippen molar-refractivity contribution in [1.29, 1.82) is 0 Å². The Labute approximate surface area is 110 Å². The molecule has 1 N–H and O–H groups in total. The minimum atomic E-state index is -0.764. The molecule has 0 aliphatic heterocycles. The molecule has 0 spiro atoms. The maximum Gasteiger partial charge on any atom is 0.309 e. The first-order valence-electron chi connectivity index (χ1n) is 5.53. The van der Waals surface area contributed by atoms with Crippen LogP contribution in [0, 0.1) is 5.41 Å². The van der Waals surface area contributed by atoms with E-state index in [0.717, 1.165) is 16.6 Å². The summed E-state index contributed by atoms with van der Waals surface area (Å²) in [5, 5.41) is 8.95. The third kappa shape index (κ3) is 4.77. The molecule has 0 saturated heterocycles. The minimum absolute atomic E-state index is 0.535. The van der Waals surface area contributed by atoms with E-state index >= 15 is 0 Å². The van der Waals surface area contributed by atoms with Crippen molar-refractivity contribution < 1.29 is 14.6 Å². The number of hydrogen-bond donors (Lipinski definition) is 1. The molecule has 0 aliphatic rings. The third-order valence-corrected chi connectivity index (χ3v) is 3.08. The topological polar surface area (TPSA) is 46.5 Å². The normalized spacial score (nSPS) is 11.2. The average Bonchev–Trinajstić information content (AvgIpc) is 2.24. The van der Waals surface area contributed by atoms with Gasteiger partial charge in [-0.1, -0.05) is 22.0 Å². The second-order valence-electron chi connectivity index (χ2n) is 4.60. The van der Waals surface area contributed by atoms with Crippen molar-refractivity contribution in [3.05, 3.63) is 28.7 Å². The Morgan fingerprint density at radius 2 is 2.18 bits per heavy atom. The lowest BCUT2D eigenvalue weighted by Gasteiger charge is -2.18. The minimum Gasteiger partial charge on any atom is -0.494 e. The van der Waals surface area contributed by atoms with Crippen LogP contribution in [0.5, 0.6) is 5.75 Å². The van der Waals surface area contributed by atoms with E-state index in [1.807, 2.05) is 24.3 Å². The van der Waals surface area contributed by atoms with Gasteiger partial charge >= 0.3 is 5.97 Å². The molecular weight excluding hydrogens is 284 g/mol. The van der Waals surface area contributed by atoms with Gasteiger partial charge in [-0.05, 0) is 44.9 Å². The van der Waals surface area contributed by atoms with Gasteiger partial charge in [0.05, 0.1) is 12.0 Å². The fraction of sp³-hybridized carbons (Fsp3) is 0.462. The van der Waals surface area contributed by atoms with Gasteiger partial charge in [-0.3, -0.25) is 4.79 Å². The maximum atomic E-state index is 10.9. The maximum absolute atomic E-state index is 10.9. The highest BCUT2D eigenvalue weighted by atomic mass is 79.9. The van der Waals surface area contributed by atoms with Crippen LogP contribution in [-0.4, -0.2) is 17.7 Å². The lowest BCUT2D eigenvalue weighted by atomic mass is 9.88. The van der Waals surface area contributed by atoms with Gasteiger partial charge in [0.2, 0.25) is 0 Å². The molecule has 0 aromatic heterocycles. The average molecular weight is 301 g/mol. The summed E-state index contributed by atoms with van der Waals surface area (Å²) in [5.74, 6) is 0.0347. The SMILES string of the molecule is CC(C)(CCCOc1cccc(Br)c1)C(=O)O. The van der Waals surface area contributed by atoms with Crippen LogP contribution >= 0.6 is 15.9 Å². The van der Waals surface area contributed by atoms with Crippen LogP contribution in [0.3, 0.4) is 0 Å². The molecule has 17 heavy (non-hydrogen) atoms. The van der Waals surface area contributed by atoms with Crippen LogP contribution in [-0.2, 0) is 4.79 Å². The molecule has 0 radical (unpaired) electrons.